The second-order valence-electron chi connectivity index (χ2n) is 5.09. The highest BCUT2D eigenvalue weighted by molar-refractivity contribution is 5.89. The highest BCUT2D eigenvalue weighted by Gasteiger charge is 2.19. The van der Waals surface area contributed by atoms with Crippen LogP contribution in [0.3, 0.4) is 0 Å². The Morgan fingerprint density at radius 2 is 2.12 bits per heavy atom. The van der Waals surface area contributed by atoms with Crippen molar-refractivity contribution in [3.05, 3.63) is 11.8 Å². The van der Waals surface area contributed by atoms with Crippen molar-refractivity contribution in [1.82, 2.24) is 9.78 Å². The van der Waals surface area contributed by atoms with Gasteiger partial charge in [0, 0.05) is 24.9 Å². The van der Waals surface area contributed by atoms with Gasteiger partial charge in [-0.3, -0.25) is 9.48 Å². The fourth-order valence-corrected chi connectivity index (χ4v) is 1.38. The number of rotatable bonds is 3. The summed E-state index contributed by atoms with van der Waals surface area (Å²) >= 11 is 0. The molecule has 0 bridgehead atoms. The zero-order valence-electron chi connectivity index (χ0n) is 10.8. The van der Waals surface area contributed by atoms with Crippen LogP contribution in [-0.2, 0) is 17.3 Å². The number of carbonyl (C=O) groups is 1. The third-order valence-corrected chi connectivity index (χ3v) is 2.39. The minimum absolute atomic E-state index is 0.00545. The highest BCUT2D eigenvalue weighted by Crippen LogP contribution is 2.23. The van der Waals surface area contributed by atoms with Gasteiger partial charge >= 0.3 is 0 Å². The third-order valence-electron chi connectivity index (χ3n) is 2.39. The quantitative estimate of drug-likeness (QED) is 0.855. The molecule has 0 unspecified atom stereocenters. The van der Waals surface area contributed by atoms with E-state index in [-0.39, 0.29) is 11.3 Å². The summed E-state index contributed by atoms with van der Waals surface area (Å²) in [6.45, 7) is 8.30. The molecule has 16 heavy (non-hydrogen) atoms. The van der Waals surface area contributed by atoms with Crippen LogP contribution in [0.15, 0.2) is 6.07 Å². The van der Waals surface area contributed by atoms with Gasteiger partial charge in [-0.05, 0) is 6.42 Å². The lowest BCUT2D eigenvalue weighted by atomic mass is 9.92. The minimum atomic E-state index is 0.00545. The summed E-state index contributed by atoms with van der Waals surface area (Å²) in [6.07, 6.45) is 1.41. The third kappa shape index (κ3) is 3.08. The number of aromatic nitrogens is 2. The fourth-order valence-electron chi connectivity index (χ4n) is 1.38. The van der Waals surface area contributed by atoms with Gasteiger partial charge in [-0.15, -0.1) is 0 Å². The molecule has 0 saturated carbocycles. The van der Waals surface area contributed by atoms with Crippen molar-refractivity contribution >= 4 is 11.7 Å². The molecule has 0 radical (unpaired) electrons. The van der Waals surface area contributed by atoms with Crippen molar-refractivity contribution in [2.45, 2.75) is 46.0 Å². The van der Waals surface area contributed by atoms with Crippen LogP contribution in [0.1, 0.15) is 46.2 Å². The van der Waals surface area contributed by atoms with Gasteiger partial charge < -0.3 is 5.32 Å². The number of nitrogens with one attached hydrogen (secondary N) is 1. The first-order valence-electron chi connectivity index (χ1n) is 5.69. The van der Waals surface area contributed by atoms with Gasteiger partial charge in [-0.25, -0.2) is 0 Å². The van der Waals surface area contributed by atoms with E-state index in [4.69, 9.17) is 0 Å². The normalized spacial score (nSPS) is 11.6. The van der Waals surface area contributed by atoms with Gasteiger partial charge in [-0.2, -0.15) is 5.10 Å². The molecular formula is C12H21N3O. The topological polar surface area (TPSA) is 46.9 Å². The SMILES string of the molecule is CCCC(=O)Nc1cc(C(C)(C)C)nn1C. The van der Waals surface area contributed by atoms with Crippen LogP contribution in [0.25, 0.3) is 0 Å². The molecule has 1 aromatic rings. The Morgan fingerprint density at radius 1 is 1.50 bits per heavy atom. The molecule has 0 atom stereocenters. The van der Waals surface area contributed by atoms with Gasteiger partial charge in [0.15, 0.2) is 0 Å². The molecule has 1 heterocycles. The van der Waals surface area contributed by atoms with Crippen LogP contribution in [0.4, 0.5) is 5.82 Å². The number of amides is 1. The fraction of sp³-hybridized carbons (Fsp3) is 0.667. The maximum Gasteiger partial charge on any atom is 0.225 e. The van der Waals surface area contributed by atoms with E-state index in [2.05, 4.69) is 31.2 Å². The number of carbonyl (C=O) groups excluding carboxylic acids is 1. The van der Waals surface area contributed by atoms with Gasteiger partial charge in [-0.1, -0.05) is 27.7 Å². The molecule has 4 heteroatoms. The van der Waals surface area contributed by atoms with Crippen molar-refractivity contribution in [2.75, 3.05) is 5.32 Å². The number of anilines is 1. The standard InChI is InChI=1S/C12H21N3O/c1-6-7-11(16)13-10-8-9(12(2,3)4)14-15(10)5/h8H,6-7H2,1-5H3,(H,13,16). The zero-order chi connectivity index (χ0) is 12.3. The average molecular weight is 223 g/mol. The van der Waals surface area contributed by atoms with Crippen LogP contribution in [0.2, 0.25) is 0 Å². The molecule has 0 fully saturated rings. The van der Waals surface area contributed by atoms with Crippen molar-refractivity contribution in [3.8, 4) is 0 Å². The molecule has 0 aliphatic heterocycles. The molecule has 1 aromatic heterocycles. The van der Waals surface area contributed by atoms with E-state index in [0.717, 1.165) is 17.9 Å². The van der Waals surface area contributed by atoms with Crippen molar-refractivity contribution in [3.63, 3.8) is 0 Å². The summed E-state index contributed by atoms with van der Waals surface area (Å²) in [4.78, 5) is 11.5. The molecule has 1 rings (SSSR count). The van der Waals surface area contributed by atoms with Crippen molar-refractivity contribution in [2.24, 2.45) is 7.05 Å². The van der Waals surface area contributed by atoms with E-state index < -0.39 is 0 Å². The van der Waals surface area contributed by atoms with E-state index in [1.54, 1.807) is 4.68 Å². The minimum Gasteiger partial charge on any atom is -0.311 e. The van der Waals surface area contributed by atoms with Crippen molar-refractivity contribution < 1.29 is 4.79 Å². The molecule has 0 aliphatic rings. The van der Waals surface area contributed by atoms with Crippen LogP contribution >= 0.6 is 0 Å². The lowest BCUT2D eigenvalue weighted by molar-refractivity contribution is -0.116. The first kappa shape index (κ1) is 12.7. The van der Waals surface area contributed by atoms with E-state index in [1.165, 1.54) is 0 Å². The molecule has 1 N–H and O–H groups in total. The molecule has 4 nitrogen and oxygen atoms in total. The molecular weight excluding hydrogens is 202 g/mol. The summed E-state index contributed by atoms with van der Waals surface area (Å²) in [5.74, 6) is 0.814. The molecule has 90 valence electrons. The Morgan fingerprint density at radius 3 is 2.56 bits per heavy atom. The molecule has 0 spiro atoms. The summed E-state index contributed by atoms with van der Waals surface area (Å²) < 4.78 is 1.72. The maximum atomic E-state index is 11.5. The molecule has 0 aromatic carbocycles. The summed E-state index contributed by atoms with van der Waals surface area (Å²) in [7, 11) is 1.84. The molecule has 0 aliphatic carbocycles. The number of nitrogens with zero attached hydrogens (tertiary/aromatic N) is 2. The monoisotopic (exact) mass is 223 g/mol. The van der Waals surface area contributed by atoms with Gasteiger partial charge in [0.1, 0.15) is 5.82 Å². The van der Waals surface area contributed by atoms with Crippen LogP contribution in [0.5, 0.6) is 0 Å². The van der Waals surface area contributed by atoms with E-state index in [9.17, 15) is 4.79 Å². The Hall–Kier alpha value is -1.32. The average Bonchev–Trinajstić information content (AvgIpc) is 2.47. The predicted octanol–water partition coefficient (Wildman–Crippen LogP) is 2.46. The molecule has 0 saturated heterocycles. The van der Waals surface area contributed by atoms with E-state index >= 15 is 0 Å². The van der Waals surface area contributed by atoms with Gasteiger partial charge in [0.05, 0.1) is 5.69 Å². The van der Waals surface area contributed by atoms with Crippen LogP contribution in [-0.4, -0.2) is 15.7 Å². The van der Waals surface area contributed by atoms with Gasteiger partial charge in [0.25, 0.3) is 0 Å². The largest absolute Gasteiger partial charge is 0.311 e. The van der Waals surface area contributed by atoms with E-state index in [1.807, 2.05) is 20.0 Å². The summed E-state index contributed by atoms with van der Waals surface area (Å²) in [5.41, 5.74) is 0.993. The number of hydrogen-bond acceptors (Lipinski definition) is 2. The first-order chi connectivity index (χ1) is 7.34. The Bertz CT molecular complexity index is 374. The van der Waals surface area contributed by atoms with Gasteiger partial charge in [0.2, 0.25) is 5.91 Å². The summed E-state index contributed by atoms with van der Waals surface area (Å²) in [6, 6.07) is 1.94. The lowest BCUT2D eigenvalue weighted by Crippen LogP contribution is -2.13. The number of hydrogen-bond donors (Lipinski definition) is 1. The Labute approximate surface area is 97.0 Å². The zero-order valence-corrected chi connectivity index (χ0v) is 10.8. The second-order valence-corrected chi connectivity index (χ2v) is 5.09. The van der Waals surface area contributed by atoms with Crippen LogP contribution in [0, 0.1) is 0 Å². The summed E-state index contributed by atoms with van der Waals surface area (Å²) in [5, 5.41) is 7.26. The number of aryl methyl sites for hydroxylation is 1. The first-order valence-corrected chi connectivity index (χ1v) is 5.69. The van der Waals surface area contributed by atoms with Crippen molar-refractivity contribution in [1.29, 1.82) is 0 Å². The highest BCUT2D eigenvalue weighted by atomic mass is 16.1. The smallest absolute Gasteiger partial charge is 0.225 e. The molecule has 1 amide bonds. The van der Waals surface area contributed by atoms with Crippen LogP contribution < -0.4 is 5.32 Å². The maximum absolute atomic E-state index is 11.5. The lowest BCUT2D eigenvalue weighted by Gasteiger charge is -2.13. The Kier molecular flexibility index (Phi) is 3.73. The van der Waals surface area contributed by atoms with E-state index in [0.29, 0.717) is 6.42 Å². The Balaban J connectivity index is 2.82. The second kappa shape index (κ2) is 4.68. The predicted molar refractivity (Wildman–Crippen MR) is 65.4 cm³/mol.